The molecule has 0 radical (unpaired) electrons. The minimum absolute atomic E-state index is 0.322. The van der Waals surface area contributed by atoms with E-state index in [0.717, 1.165) is 18.0 Å². The van der Waals surface area contributed by atoms with E-state index in [4.69, 9.17) is 6.42 Å². The van der Waals surface area contributed by atoms with Crippen molar-refractivity contribution in [3.05, 3.63) is 6.33 Å². The maximum Gasteiger partial charge on any atom is 0.202 e. The number of anilines is 1. The number of aromatic nitrogens is 2. The molecular formula is C8H11N3S. The fourth-order valence-electron chi connectivity index (χ4n) is 0.851. The van der Waals surface area contributed by atoms with Gasteiger partial charge in [-0.1, -0.05) is 6.92 Å². The molecule has 0 aliphatic rings. The Hall–Kier alpha value is -1.08. The van der Waals surface area contributed by atoms with Gasteiger partial charge in [-0.15, -0.1) is 12.3 Å². The van der Waals surface area contributed by atoms with Crippen LogP contribution in [0.3, 0.4) is 0 Å². The van der Waals surface area contributed by atoms with E-state index >= 15 is 0 Å². The monoisotopic (exact) mass is 181 g/mol. The van der Waals surface area contributed by atoms with Crippen LogP contribution >= 0.6 is 11.5 Å². The third kappa shape index (κ3) is 2.51. The van der Waals surface area contributed by atoms with Crippen molar-refractivity contribution in [3.63, 3.8) is 0 Å². The van der Waals surface area contributed by atoms with Crippen LogP contribution in [0.1, 0.15) is 19.8 Å². The van der Waals surface area contributed by atoms with E-state index in [-0.39, 0.29) is 0 Å². The van der Waals surface area contributed by atoms with Crippen LogP contribution < -0.4 is 5.32 Å². The van der Waals surface area contributed by atoms with E-state index in [2.05, 4.69) is 27.5 Å². The Kier molecular flexibility index (Phi) is 3.55. The van der Waals surface area contributed by atoms with Gasteiger partial charge in [-0.25, -0.2) is 4.98 Å². The van der Waals surface area contributed by atoms with Crippen molar-refractivity contribution < 1.29 is 0 Å². The Balaban J connectivity index is 2.44. The van der Waals surface area contributed by atoms with Crippen molar-refractivity contribution >= 4 is 16.7 Å². The SMILES string of the molecule is C#CCC(CC)Nc1ncns1. The van der Waals surface area contributed by atoms with Crippen LogP contribution in [0.5, 0.6) is 0 Å². The van der Waals surface area contributed by atoms with Gasteiger partial charge >= 0.3 is 0 Å². The fourth-order valence-corrected chi connectivity index (χ4v) is 1.36. The Morgan fingerprint density at radius 2 is 2.67 bits per heavy atom. The number of hydrogen-bond acceptors (Lipinski definition) is 4. The first kappa shape index (κ1) is 9.01. The third-order valence-electron chi connectivity index (χ3n) is 1.55. The summed E-state index contributed by atoms with van der Waals surface area (Å²) < 4.78 is 3.89. The first-order chi connectivity index (χ1) is 5.86. The van der Waals surface area contributed by atoms with Gasteiger partial charge in [0, 0.05) is 24.0 Å². The molecule has 0 amide bonds. The Morgan fingerprint density at radius 1 is 1.83 bits per heavy atom. The zero-order valence-corrected chi connectivity index (χ0v) is 7.77. The molecule has 12 heavy (non-hydrogen) atoms. The second-order valence-corrected chi connectivity index (χ2v) is 3.18. The lowest BCUT2D eigenvalue weighted by Crippen LogP contribution is -2.17. The Labute approximate surface area is 76.4 Å². The first-order valence-corrected chi connectivity index (χ1v) is 4.60. The summed E-state index contributed by atoms with van der Waals surface area (Å²) in [5, 5.41) is 4.06. The lowest BCUT2D eigenvalue weighted by Gasteiger charge is -2.11. The van der Waals surface area contributed by atoms with Crippen LogP contribution in [0, 0.1) is 12.3 Å². The van der Waals surface area contributed by atoms with Gasteiger partial charge in [0.15, 0.2) is 0 Å². The zero-order valence-electron chi connectivity index (χ0n) is 6.95. The maximum atomic E-state index is 5.21. The van der Waals surface area contributed by atoms with Crippen LogP contribution in [-0.2, 0) is 0 Å². The molecule has 3 nitrogen and oxygen atoms in total. The summed E-state index contributed by atoms with van der Waals surface area (Å²) in [6, 6.07) is 0.322. The molecule has 4 heteroatoms. The quantitative estimate of drug-likeness (QED) is 0.719. The summed E-state index contributed by atoms with van der Waals surface area (Å²) in [5.74, 6) is 2.63. The molecule has 1 N–H and O–H groups in total. The average Bonchev–Trinajstić information content (AvgIpc) is 2.56. The molecule has 0 bridgehead atoms. The predicted molar refractivity (Wildman–Crippen MR) is 51.1 cm³/mol. The van der Waals surface area contributed by atoms with E-state index in [1.165, 1.54) is 17.9 Å². The highest BCUT2D eigenvalue weighted by Crippen LogP contribution is 2.11. The summed E-state index contributed by atoms with van der Waals surface area (Å²) in [4.78, 5) is 4.01. The van der Waals surface area contributed by atoms with Gasteiger partial charge in [0.05, 0.1) is 0 Å². The van der Waals surface area contributed by atoms with Crippen LogP contribution in [0.2, 0.25) is 0 Å². The van der Waals surface area contributed by atoms with Gasteiger partial charge in [-0.2, -0.15) is 4.37 Å². The fraction of sp³-hybridized carbons (Fsp3) is 0.500. The van der Waals surface area contributed by atoms with E-state index < -0.39 is 0 Å². The second-order valence-electron chi connectivity index (χ2n) is 2.40. The van der Waals surface area contributed by atoms with Crippen molar-refractivity contribution in [1.82, 2.24) is 9.36 Å². The molecule has 64 valence electrons. The summed E-state index contributed by atoms with van der Waals surface area (Å²) in [6.07, 6.45) is 8.48. The standard InChI is InChI=1S/C8H11N3S/c1-3-5-7(4-2)11-8-9-6-10-12-8/h1,6-7H,4-5H2,2H3,(H,9,10,11). The molecule has 1 heterocycles. The highest BCUT2D eigenvalue weighted by molar-refractivity contribution is 7.09. The van der Waals surface area contributed by atoms with Crippen molar-refractivity contribution in [2.45, 2.75) is 25.8 Å². The van der Waals surface area contributed by atoms with Gasteiger partial charge < -0.3 is 5.32 Å². The van der Waals surface area contributed by atoms with E-state index in [0.29, 0.717) is 6.04 Å². The molecule has 0 spiro atoms. The normalized spacial score (nSPS) is 12.0. The molecule has 1 rings (SSSR count). The molecular weight excluding hydrogens is 170 g/mol. The first-order valence-electron chi connectivity index (χ1n) is 3.83. The van der Waals surface area contributed by atoms with Gasteiger partial charge in [0.25, 0.3) is 0 Å². The van der Waals surface area contributed by atoms with Gasteiger partial charge in [0.2, 0.25) is 5.13 Å². The van der Waals surface area contributed by atoms with Crippen molar-refractivity contribution in [1.29, 1.82) is 0 Å². The summed E-state index contributed by atoms with van der Waals surface area (Å²) in [5.41, 5.74) is 0. The minimum Gasteiger partial charge on any atom is -0.357 e. The van der Waals surface area contributed by atoms with E-state index in [1.807, 2.05) is 0 Å². The third-order valence-corrected chi connectivity index (χ3v) is 2.14. The van der Waals surface area contributed by atoms with E-state index in [1.54, 1.807) is 0 Å². The lowest BCUT2D eigenvalue weighted by atomic mass is 10.2. The minimum atomic E-state index is 0.322. The molecule has 1 unspecified atom stereocenters. The predicted octanol–water partition coefficient (Wildman–Crippen LogP) is 1.75. The number of nitrogens with one attached hydrogen (secondary N) is 1. The molecule has 1 aromatic rings. The molecule has 0 saturated heterocycles. The molecule has 1 atom stereocenters. The van der Waals surface area contributed by atoms with Gasteiger partial charge in [0.1, 0.15) is 6.33 Å². The zero-order chi connectivity index (χ0) is 8.81. The molecule has 0 saturated carbocycles. The van der Waals surface area contributed by atoms with Gasteiger partial charge in [-0.05, 0) is 6.42 Å². The molecule has 0 fully saturated rings. The van der Waals surface area contributed by atoms with Crippen LogP contribution in [0.25, 0.3) is 0 Å². The number of terminal acetylenes is 1. The van der Waals surface area contributed by atoms with Crippen molar-refractivity contribution in [2.75, 3.05) is 5.32 Å². The second kappa shape index (κ2) is 4.73. The molecule has 0 aliphatic heterocycles. The smallest absolute Gasteiger partial charge is 0.202 e. The topological polar surface area (TPSA) is 37.8 Å². The highest BCUT2D eigenvalue weighted by Gasteiger charge is 2.05. The molecule has 1 aromatic heterocycles. The van der Waals surface area contributed by atoms with Crippen molar-refractivity contribution in [2.24, 2.45) is 0 Å². The largest absolute Gasteiger partial charge is 0.357 e. The maximum absolute atomic E-state index is 5.21. The highest BCUT2D eigenvalue weighted by atomic mass is 32.1. The summed E-state index contributed by atoms with van der Waals surface area (Å²) in [7, 11) is 0. The molecule has 0 aliphatic carbocycles. The summed E-state index contributed by atoms with van der Waals surface area (Å²) in [6.45, 7) is 2.09. The van der Waals surface area contributed by atoms with Crippen LogP contribution in [0.15, 0.2) is 6.33 Å². The Bertz CT molecular complexity index is 250. The van der Waals surface area contributed by atoms with Crippen molar-refractivity contribution in [3.8, 4) is 12.3 Å². The molecule has 0 aromatic carbocycles. The van der Waals surface area contributed by atoms with Crippen LogP contribution in [0.4, 0.5) is 5.13 Å². The summed E-state index contributed by atoms with van der Waals surface area (Å²) >= 11 is 1.35. The number of hydrogen-bond donors (Lipinski definition) is 1. The number of nitrogens with zero attached hydrogens (tertiary/aromatic N) is 2. The van der Waals surface area contributed by atoms with Gasteiger partial charge in [-0.3, -0.25) is 0 Å². The number of rotatable bonds is 4. The average molecular weight is 181 g/mol. The van der Waals surface area contributed by atoms with Crippen LogP contribution in [-0.4, -0.2) is 15.4 Å². The lowest BCUT2D eigenvalue weighted by molar-refractivity contribution is 0.714. The van der Waals surface area contributed by atoms with E-state index in [9.17, 15) is 0 Å². The Morgan fingerprint density at radius 3 is 3.17 bits per heavy atom.